The normalized spacial score (nSPS) is 34.0. The first kappa shape index (κ1) is 14.3. The summed E-state index contributed by atoms with van der Waals surface area (Å²) in [4.78, 5) is 0. The van der Waals surface area contributed by atoms with Crippen molar-refractivity contribution >= 4 is 0 Å². The van der Waals surface area contributed by atoms with Gasteiger partial charge in [0.1, 0.15) is 0 Å². The fraction of sp³-hybridized carbons (Fsp3) is 1.00. The molecule has 2 fully saturated rings. The van der Waals surface area contributed by atoms with Crippen LogP contribution < -0.4 is 5.32 Å². The first-order chi connectivity index (χ1) is 8.75. The van der Waals surface area contributed by atoms with Crippen LogP contribution in [0.4, 0.5) is 0 Å². The summed E-state index contributed by atoms with van der Waals surface area (Å²) in [5, 5.41) is 13.3. The lowest BCUT2D eigenvalue weighted by atomic mass is 10.1. The van der Waals surface area contributed by atoms with Crippen LogP contribution in [0.3, 0.4) is 0 Å². The van der Waals surface area contributed by atoms with Gasteiger partial charge in [0.15, 0.2) is 0 Å². The van der Waals surface area contributed by atoms with Crippen molar-refractivity contribution in [1.29, 1.82) is 0 Å². The average molecular weight is 257 g/mol. The first-order valence-corrected chi connectivity index (χ1v) is 7.36. The van der Waals surface area contributed by atoms with Gasteiger partial charge in [0, 0.05) is 19.2 Å². The number of hydrogen-bond acceptors (Lipinski definition) is 4. The second-order valence-electron chi connectivity index (χ2n) is 5.75. The molecule has 0 amide bonds. The highest BCUT2D eigenvalue weighted by Crippen LogP contribution is 2.24. The van der Waals surface area contributed by atoms with Gasteiger partial charge in [-0.2, -0.15) is 0 Å². The number of ether oxygens (including phenoxy) is 2. The molecule has 4 unspecified atom stereocenters. The molecule has 0 aromatic carbocycles. The zero-order chi connectivity index (χ0) is 12.8. The molecule has 0 radical (unpaired) electrons. The number of rotatable bonds is 7. The molecule has 1 aliphatic heterocycles. The SMILES string of the molecule is CC1CCCC1NCC(O)COCC1CCCO1. The van der Waals surface area contributed by atoms with Crippen LogP contribution in [0.1, 0.15) is 39.0 Å². The summed E-state index contributed by atoms with van der Waals surface area (Å²) in [5.41, 5.74) is 0. The van der Waals surface area contributed by atoms with E-state index in [0.29, 0.717) is 25.8 Å². The second kappa shape index (κ2) is 7.43. The molecule has 0 bridgehead atoms. The summed E-state index contributed by atoms with van der Waals surface area (Å²) in [5.74, 6) is 0.741. The van der Waals surface area contributed by atoms with Crippen LogP contribution >= 0.6 is 0 Å². The highest BCUT2D eigenvalue weighted by Gasteiger charge is 2.23. The van der Waals surface area contributed by atoms with E-state index in [1.165, 1.54) is 19.3 Å². The van der Waals surface area contributed by atoms with Crippen molar-refractivity contribution in [2.45, 2.75) is 57.3 Å². The fourth-order valence-corrected chi connectivity index (χ4v) is 2.91. The van der Waals surface area contributed by atoms with Crippen molar-refractivity contribution < 1.29 is 14.6 Å². The Labute approximate surface area is 110 Å². The molecule has 1 saturated carbocycles. The van der Waals surface area contributed by atoms with Gasteiger partial charge in [-0.05, 0) is 31.6 Å². The third-order valence-electron chi connectivity index (χ3n) is 4.12. The number of nitrogens with one attached hydrogen (secondary N) is 1. The van der Waals surface area contributed by atoms with E-state index in [4.69, 9.17) is 9.47 Å². The van der Waals surface area contributed by atoms with E-state index in [0.717, 1.165) is 25.4 Å². The number of aliphatic hydroxyl groups is 1. The minimum atomic E-state index is -0.404. The summed E-state index contributed by atoms with van der Waals surface area (Å²) in [6.07, 6.45) is 5.93. The summed E-state index contributed by atoms with van der Waals surface area (Å²) in [7, 11) is 0. The van der Waals surface area contributed by atoms with Crippen molar-refractivity contribution in [3.05, 3.63) is 0 Å². The Morgan fingerprint density at radius 1 is 1.33 bits per heavy atom. The van der Waals surface area contributed by atoms with E-state index >= 15 is 0 Å². The van der Waals surface area contributed by atoms with Crippen molar-refractivity contribution in [3.63, 3.8) is 0 Å². The molecule has 1 heterocycles. The summed E-state index contributed by atoms with van der Waals surface area (Å²) >= 11 is 0. The van der Waals surface area contributed by atoms with E-state index in [9.17, 15) is 5.11 Å². The molecule has 2 N–H and O–H groups in total. The standard InChI is InChI=1S/C14H27NO3/c1-11-4-2-6-14(11)15-8-12(16)9-17-10-13-5-3-7-18-13/h11-16H,2-10H2,1H3. The van der Waals surface area contributed by atoms with Crippen molar-refractivity contribution in [3.8, 4) is 0 Å². The Morgan fingerprint density at radius 3 is 2.89 bits per heavy atom. The van der Waals surface area contributed by atoms with Gasteiger partial charge in [0.25, 0.3) is 0 Å². The molecule has 1 aliphatic carbocycles. The van der Waals surface area contributed by atoms with Crippen LogP contribution in [0.15, 0.2) is 0 Å². The molecule has 2 rings (SSSR count). The van der Waals surface area contributed by atoms with Gasteiger partial charge in [-0.15, -0.1) is 0 Å². The van der Waals surface area contributed by atoms with Crippen LogP contribution in [0, 0.1) is 5.92 Å². The Morgan fingerprint density at radius 2 is 2.22 bits per heavy atom. The van der Waals surface area contributed by atoms with Crippen LogP contribution in [0.25, 0.3) is 0 Å². The number of hydrogen-bond donors (Lipinski definition) is 2. The van der Waals surface area contributed by atoms with Crippen LogP contribution in [-0.4, -0.2) is 49.7 Å². The van der Waals surface area contributed by atoms with Gasteiger partial charge >= 0.3 is 0 Å². The van der Waals surface area contributed by atoms with Crippen LogP contribution in [0.2, 0.25) is 0 Å². The van der Waals surface area contributed by atoms with Gasteiger partial charge in [-0.25, -0.2) is 0 Å². The third kappa shape index (κ3) is 4.50. The van der Waals surface area contributed by atoms with Gasteiger partial charge in [0.2, 0.25) is 0 Å². The summed E-state index contributed by atoms with van der Waals surface area (Å²) in [6, 6.07) is 0.581. The minimum absolute atomic E-state index is 0.250. The summed E-state index contributed by atoms with van der Waals surface area (Å²) < 4.78 is 11.0. The van der Waals surface area contributed by atoms with Gasteiger partial charge in [0.05, 0.1) is 25.4 Å². The van der Waals surface area contributed by atoms with Crippen molar-refractivity contribution in [2.24, 2.45) is 5.92 Å². The smallest absolute Gasteiger partial charge is 0.0897 e. The zero-order valence-electron chi connectivity index (χ0n) is 11.4. The van der Waals surface area contributed by atoms with Gasteiger partial charge in [-0.3, -0.25) is 0 Å². The maximum atomic E-state index is 9.84. The highest BCUT2D eigenvalue weighted by atomic mass is 16.5. The second-order valence-corrected chi connectivity index (χ2v) is 5.75. The van der Waals surface area contributed by atoms with Crippen molar-refractivity contribution in [2.75, 3.05) is 26.4 Å². The fourth-order valence-electron chi connectivity index (χ4n) is 2.91. The largest absolute Gasteiger partial charge is 0.389 e. The molecule has 0 aromatic heterocycles. The summed E-state index contributed by atoms with van der Waals surface area (Å²) in [6.45, 7) is 4.81. The first-order valence-electron chi connectivity index (χ1n) is 7.36. The molecule has 18 heavy (non-hydrogen) atoms. The lowest BCUT2D eigenvalue weighted by Crippen LogP contribution is -2.39. The topological polar surface area (TPSA) is 50.7 Å². The monoisotopic (exact) mass is 257 g/mol. The maximum Gasteiger partial charge on any atom is 0.0897 e. The molecule has 106 valence electrons. The van der Waals surface area contributed by atoms with Gasteiger partial charge in [-0.1, -0.05) is 13.3 Å². The van der Waals surface area contributed by atoms with E-state index < -0.39 is 6.10 Å². The molecule has 4 nitrogen and oxygen atoms in total. The average Bonchev–Trinajstić information content (AvgIpc) is 2.98. The van der Waals surface area contributed by atoms with E-state index in [1.807, 2.05) is 0 Å². The predicted molar refractivity (Wildman–Crippen MR) is 70.6 cm³/mol. The Balaban J connectivity index is 1.50. The molecule has 0 spiro atoms. The molecule has 1 saturated heterocycles. The quantitative estimate of drug-likeness (QED) is 0.722. The molecular weight excluding hydrogens is 230 g/mol. The van der Waals surface area contributed by atoms with E-state index in [-0.39, 0.29) is 6.10 Å². The molecule has 2 aliphatic rings. The van der Waals surface area contributed by atoms with E-state index in [2.05, 4.69) is 12.2 Å². The maximum absolute atomic E-state index is 9.84. The van der Waals surface area contributed by atoms with Crippen LogP contribution in [-0.2, 0) is 9.47 Å². The molecular formula is C14H27NO3. The highest BCUT2D eigenvalue weighted by molar-refractivity contribution is 4.80. The predicted octanol–water partition coefficient (Wildman–Crippen LogP) is 1.32. The van der Waals surface area contributed by atoms with Crippen LogP contribution in [0.5, 0.6) is 0 Å². The lowest BCUT2D eigenvalue weighted by molar-refractivity contribution is -0.0171. The van der Waals surface area contributed by atoms with E-state index in [1.54, 1.807) is 0 Å². The third-order valence-corrected chi connectivity index (χ3v) is 4.12. The van der Waals surface area contributed by atoms with Crippen molar-refractivity contribution in [1.82, 2.24) is 5.32 Å². The Bertz CT molecular complexity index is 231. The number of aliphatic hydroxyl groups excluding tert-OH is 1. The molecule has 4 atom stereocenters. The lowest BCUT2D eigenvalue weighted by Gasteiger charge is -2.20. The zero-order valence-corrected chi connectivity index (χ0v) is 11.4. The molecule has 0 aromatic rings. The minimum Gasteiger partial charge on any atom is -0.389 e. The molecule has 4 heteroatoms. The Kier molecular flexibility index (Phi) is 5.89. The van der Waals surface area contributed by atoms with Gasteiger partial charge < -0.3 is 19.9 Å². The Hall–Kier alpha value is -0.160.